The summed E-state index contributed by atoms with van der Waals surface area (Å²) in [4.78, 5) is 22.2. The second-order valence-electron chi connectivity index (χ2n) is 4.44. The molecule has 1 aliphatic rings. The summed E-state index contributed by atoms with van der Waals surface area (Å²) in [5.74, 6) is -0.136. The third kappa shape index (κ3) is 3.65. The summed E-state index contributed by atoms with van der Waals surface area (Å²) in [5, 5.41) is 16.6. The van der Waals surface area contributed by atoms with Crippen LogP contribution in [0.5, 0.6) is 0 Å². The van der Waals surface area contributed by atoms with E-state index in [2.05, 4.69) is 10.6 Å². The lowest BCUT2D eigenvalue weighted by Crippen LogP contribution is -2.24. The number of anilines is 1. The summed E-state index contributed by atoms with van der Waals surface area (Å²) >= 11 is 0. The first kappa shape index (κ1) is 15.4. The Balaban J connectivity index is 0.00000180. The third-order valence-electron chi connectivity index (χ3n) is 3.10. The third-order valence-corrected chi connectivity index (χ3v) is 3.10. The molecule has 0 spiro atoms. The highest BCUT2D eigenvalue weighted by Gasteiger charge is 2.22. The zero-order chi connectivity index (χ0) is 13.1. The normalized spacial score (nSPS) is 17.6. The van der Waals surface area contributed by atoms with Crippen LogP contribution in [-0.2, 0) is 4.79 Å². The molecule has 19 heavy (non-hydrogen) atoms. The van der Waals surface area contributed by atoms with E-state index in [9.17, 15) is 14.9 Å². The first-order valence-electron chi connectivity index (χ1n) is 5.84. The summed E-state index contributed by atoms with van der Waals surface area (Å²) in [5.41, 5.74) is 1.09. The Labute approximate surface area is 117 Å². The molecule has 1 heterocycles. The molecule has 0 bridgehead atoms. The van der Waals surface area contributed by atoms with Gasteiger partial charge in [0.2, 0.25) is 5.91 Å². The lowest BCUT2D eigenvalue weighted by atomic mass is 10.1. The molecule has 1 unspecified atom stereocenters. The fourth-order valence-corrected chi connectivity index (χ4v) is 2.01. The van der Waals surface area contributed by atoms with Gasteiger partial charge in [0.15, 0.2) is 0 Å². The largest absolute Gasteiger partial charge is 0.326 e. The Hall–Kier alpha value is -1.66. The number of aryl methyl sites for hydroxylation is 1. The van der Waals surface area contributed by atoms with Crippen LogP contribution in [0.15, 0.2) is 18.2 Å². The molecule has 2 rings (SSSR count). The number of carbonyl (C=O) groups excluding carboxylic acids is 1. The molecule has 1 amide bonds. The maximum absolute atomic E-state index is 11.9. The Bertz CT molecular complexity index is 487. The van der Waals surface area contributed by atoms with Gasteiger partial charge in [-0.3, -0.25) is 14.9 Å². The molecule has 7 heteroatoms. The zero-order valence-corrected chi connectivity index (χ0v) is 11.3. The van der Waals surface area contributed by atoms with Crippen LogP contribution in [0.2, 0.25) is 0 Å². The SMILES string of the molecule is Cc1ccc(NC(=O)C2CCNC2)cc1[N+](=O)[O-].Cl. The average Bonchev–Trinajstić information content (AvgIpc) is 2.85. The van der Waals surface area contributed by atoms with Crippen LogP contribution >= 0.6 is 12.4 Å². The van der Waals surface area contributed by atoms with Gasteiger partial charge in [0.25, 0.3) is 5.69 Å². The van der Waals surface area contributed by atoms with Gasteiger partial charge in [-0.05, 0) is 26.0 Å². The van der Waals surface area contributed by atoms with Gasteiger partial charge in [-0.2, -0.15) is 0 Å². The highest BCUT2D eigenvalue weighted by Crippen LogP contribution is 2.23. The van der Waals surface area contributed by atoms with Crippen LogP contribution < -0.4 is 10.6 Å². The predicted molar refractivity (Wildman–Crippen MR) is 74.7 cm³/mol. The first-order valence-corrected chi connectivity index (χ1v) is 5.84. The monoisotopic (exact) mass is 285 g/mol. The number of rotatable bonds is 3. The molecule has 0 saturated carbocycles. The van der Waals surface area contributed by atoms with Crippen LogP contribution in [0.25, 0.3) is 0 Å². The fraction of sp³-hybridized carbons (Fsp3) is 0.417. The van der Waals surface area contributed by atoms with E-state index in [0.29, 0.717) is 17.8 Å². The summed E-state index contributed by atoms with van der Waals surface area (Å²) in [6.07, 6.45) is 0.805. The van der Waals surface area contributed by atoms with E-state index < -0.39 is 4.92 Å². The van der Waals surface area contributed by atoms with Crippen LogP contribution in [0, 0.1) is 23.0 Å². The van der Waals surface area contributed by atoms with E-state index in [1.54, 1.807) is 19.1 Å². The quantitative estimate of drug-likeness (QED) is 0.656. The van der Waals surface area contributed by atoms with Crippen molar-refractivity contribution in [3.63, 3.8) is 0 Å². The maximum atomic E-state index is 11.9. The minimum Gasteiger partial charge on any atom is -0.326 e. The van der Waals surface area contributed by atoms with E-state index >= 15 is 0 Å². The van der Waals surface area contributed by atoms with E-state index in [0.717, 1.165) is 13.0 Å². The lowest BCUT2D eigenvalue weighted by Gasteiger charge is -2.10. The number of nitro benzene ring substituents is 1. The molecule has 6 nitrogen and oxygen atoms in total. The summed E-state index contributed by atoms with van der Waals surface area (Å²) in [6.45, 7) is 3.18. The second kappa shape index (κ2) is 6.49. The van der Waals surface area contributed by atoms with E-state index in [1.807, 2.05) is 0 Å². The summed E-state index contributed by atoms with van der Waals surface area (Å²) < 4.78 is 0. The Morgan fingerprint density at radius 2 is 2.26 bits per heavy atom. The van der Waals surface area contributed by atoms with E-state index in [4.69, 9.17) is 0 Å². The molecule has 0 radical (unpaired) electrons. The highest BCUT2D eigenvalue weighted by molar-refractivity contribution is 5.93. The Kier molecular flexibility index (Phi) is 5.26. The summed E-state index contributed by atoms with van der Waals surface area (Å²) in [6, 6.07) is 4.72. The number of nitro groups is 1. The fourth-order valence-electron chi connectivity index (χ4n) is 2.01. The molecule has 0 aliphatic carbocycles. The smallest absolute Gasteiger partial charge is 0.274 e. The first-order chi connectivity index (χ1) is 8.58. The van der Waals surface area contributed by atoms with Crippen molar-refractivity contribution in [2.75, 3.05) is 18.4 Å². The molecule has 2 N–H and O–H groups in total. The molecule has 1 aromatic rings. The van der Waals surface area contributed by atoms with Gasteiger partial charge in [-0.1, -0.05) is 6.07 Å². The van der Waals surface area contributed by atoms with Gasteiger partial charge >= 0.3 is 0 Å². The van der Waals surface area contributed by atoms with Gasteiger partial charge in [0.1, 0.15) is 0 Å². The van der Waals surface area contributed by atoms with Crippen molar-refractivity contribution in [2.24, 2.45) is 5.92 Å². The molecule has 0 aromatic heterocycles. The molecule has 1 atom stereocenters. The molecule has 1 fully saturated rings. The number of hydrogen-bond donors (Lipinski definition) is 2. The van der Waals surface area contributed by atoms with Crippen molar-refractivity contribution in [1.82, 2.24) is 5.32 Å². The van der Waals surface area contributed by atoms with Gasteiger partial charge in [0.05, 0.1) is 10.8 Å². The van der Waals surface area contributed by atoms with Crippen molar-refractivity contribution < 1.29 is 9.72 Å². The number of nitrogens with one attached hydrogen (secondary N) is 2. The minimum absolute atomic E-state index is 0. The molecule has 1 aliphatic heterocycles. The van der Waals surface area contributed by atoms with Gasteiger partial charge < -0.3 is 10.6 Å². The van der Waals surface area contributed by atoms with E-state index in [-0.39, 0.29) is 29.9 Å². The van der Waals surface area contributed by atoms with Crippen molar-refractivity contribution in [1.29, 1.82) is 0 Å². The van der Waals surface area contributed by atoms with Crippen LogP contribution in [0.4, 0.5) is 11.4 Å². The molecular formula is C12H16ClN3O3. The van der Waals surface area contributed by atoms with Crippen molar-refractivity contribution >= 4 is 29.7 Å². The molecule has 104 valence electrons. The van der Waals surface area contributed by atoms with Crippen molar-refractivity contribution in [2.45, 2.75) is 13.3 Å². The van der Waals surface area contributed by atoms with Crippen LogP contribution in [-0.4, -0.2) is 23.9 Å². The number of benzene rings is 1. The minimum atomic E-state index is -0.442. The number of nitrogens with zero attached hydrogens (tertiary/aromatic N) is 1. The number of carbonyl (C=O) groups is 1. The predicted octanol–water partition coefficient (Wildman–Crippen LogP) is 1.87. The lowest BCUT2D eigenvalue weighted by molar-refractivity contribution is -0.385. The Morgan fingerprint density at radius 1 is 1.53 bits per heavy atom. The van der Waals surface area contributed by atoms with E-state index in [1.165, 1.54) is 6.07 Å². The average molecular weight is 286 g/mol. The standard InChI is InChI=1S/C12H15N3O3.ClH/c1-8-2-3-10(6-11(8)15(17)18)14-12(16)9-4-5-13-7-9;/h2-3,6,9,13H,4-5,7H2,1H3,(H,14,16);1H. The number of amides is 1. The molecule has 1 saturated heterocycles. The van der Waals surface area contributed by atoms with Crippen molar-refractivity contribution in [3.05, 3.63) is 33.9 Å². The number of hydrogen-bond acceptors (Lipinski definition) is 4. The van der Waals surface area contributed by atoms with Gasteiger partial charge in [-0.15, -0.1) is 12.4 Å². The zero-order valence-electron chi connectivity index (χ0n) is 10.5. The van der Waals surface area contributed by atoms with Crippen molar-refractivity contribution in [3.8, 4) is 0 Å². The second-order valence-corrected chi connectivity index (χ2v) is 4.44. The summed E-state index contributed by atoms with van der Waals surface area (Å²) in [7, 11) is 0. The van der Waals surface area contributed by atoms with Gasteiger partial charge in [0, 0.05) is 23.9 Å². The van der Waals surface area contributed by atoms with Gasteiger partial charge in [-0.25, -0.2) is 0 Å². The Morgan fingerprint density at radius 3 is 2.84 bits per heavy atom. The molecular weight excluding hydrogens is 270 g/mol. The van der Waals surface area contributed by atoms with Crippen LogP contribution in [0.3, 0.4) is 0 Å². The highest BCUT2D eigenvalue weighted by atomic mass is 35.5. The number of halogens is 1. The van der Waals surface area contributed by atoms with Crippen LogP contribution in [0.1, 0.15) is 12.0 Å². The molecule has 1 aromatic carbocycles. The topological polar surface area (TPSA) is 84.3 Å². The maximum Gasteiger partial charge on any atom is 0.274 e.